The van der Waals surface area contributed by atoms with Crippen molar-refractivity contribution in [2.45, 2.75) is 32.1 Å². The van der Waals surface area contributed by atoms with Crippen LogP contribution in [0.2, 0.25) is 0 Å². The first kappa shape index (κ1) is 26.9. The topological polar surface area (TPSA) is 77.3 Å². The zero-order chi connectivity index (χ0) is 24.8. The smallest absolute Gasteiger partial charge is 0.318 e. The number of hydrogen-bond donors (Lipinski definition) is 2. The number of ether oxygens (including phenoxy) is 2. The lowest BCUT2D eigenvalue weighted by Gasteiger charge is -2.33. The van der Waals surface area contributed by atoms with E-state index in [-0.39, 0.29) is 0 Å². The number of nitrogens with zero attached hydrogens (tertiary/aromatic N) is 5. The van der Waals surface area contributed by atoms with Crippen LogP contribution in [0, 0.1) is 6.92 Å². The summed E-state index contributed by atoms with van der Waals surface area (Å²) in [5, 5.41) is 9.35. The van der Waals surface area contributed by atoms with E-state index < -0.39 is 0 Å². The summed E-state index contributed by atoms with van der Waals surface area (Å²) in [6.45, 7) is 7.06. The van der Waals surface area contributed by atoms with Gasteiger partial charge in [-0.2, -0.15) is 27.7 Å². The number of aryl methyl sites for hydroxylation is 1. The van der Waals surface area contributed by atoms with Crippen molar-refractivity contribution < 1.29 is 9.47 Å². The van der Waals surface area contributed by atoms with Gasteiger partial charge in [-0.1, -0.05) is 6.07 Å². The number of hydrogen-bond acceptors (Lipinski definition) is 8. The molecule has 0 saturated carbocycles. The molecule has 1 saturated heterocycles. The highest BCUT2D eigenvalue weighted by Crippen LogP contribution is 2.41. The highest BCUT2D eigenvalue weighted by Gasteiger charge is 2.30. The van der Waals surface area contributed by atoms with Crippen molar-refractivity contribution in [1.29, 1.82) is 0 Å². The van der Waals surface area contributed by atoms with E-state index in [4.69, 9.17) is 19.4 Å². The van der Waals surface area contributed by atoms with E-state index in [1.165, 1.54) is 27.6 Å². The third kappa shape index (κ3) is 5.87. The summed E-state index contributed by atoms with van der Waals surface area (Å²) >= 11 is 5.92. The maximum Gasteiger partial charge on any atom is 0.318 e. The number of benzene rings is 1. The second kappa shape index (κ2) is 12.9. The lowest BCUT2D eigenvalue weighted by atomic mass is 9.79. The molecule has 11 heteroatoms. The Labute approximate surface area is 227 Å². The van der Waals surface area contributed by atoms with Crippen molar-refractivity contribution in [1.82, 2.24) is 24.8 Å². The van der Waals surface area contributed by atoms with E-state index in [0.29, 0.717) is 31.5 Å². The Balaban J connectivity index is 0.00000141. The van der Waals surface area contributed by atoms with Crippen LogP contribution in [-0.4, -0.2) is 72.3 Å². The molecule has 35 heavy (non-hydrogen) atoms. The number of thiol groups is 1. The van der Waals surface area contributed by atoms with Crippen molar-refractivity contribution in [3.05, 3.63) is 40.7 Å². The fourth-order valence-electron chi connectivity index (χ4n) is 5.08. The minimum atomic E-state index is 0.411. The van der Waals surface area contributed by atoms with Gasteiger partial charge in [-0.05, 0) is 77.6 Å². The molecule has 2 atom stereocenters. The Kier molecular flexibility index (Phi) is 9.86. The molecule has 0 amide bonds. The normalized spacial score (nSPS) is 18.0. The van der Waals surface area contributed by atoms with Crippen LogP contribution < -0.4 is 15.0 Å². The standard InChI is InChI=1S/C23H30IN6O2P.CH4S/c1-15-3-6-20-18(14-26-30(20)33-24)21(15)16-4-5-17-19(13-16)27-23(32-12-11-31-2)28-22(17)29-9-7-25-8-10-29;1-2/h3,6,14,16,25,33H,4-5,7-13H2,1-2H3;2H,1H3. The second-order valence-electron chi connectivity index (χ2n) is 8.64. The molecule has 1 N–H and O–H groups in total. The molecule has 5 rings (SSSR count). The molecule has 0 spiro atoms. The molecular formula is C24H34IN6O2PS. The zero-order valence-corrected chi connectivity index (χ0v) is 24.6. The Morgan fingerprint density at radius 2 is 2.00 bits per heavy atom. The lowest BCUT2D eigenvalue weighted by Crippen LogP contribution is -2.44. The molecule has 1 aliphatic heterocycles. The average Bonchev–Trinajstić information content (AvgIpc) is 3.32. The van der Waals surface area contributed by atoms with Gasteiger partial charge < -0.3 is 19.7 Å². The Morgan fingerprint density at radius 3 is 2.74 bits per heavy atom. The Bertz CT molecular complexity index is 1140. The average molecular weight is 629 g/mol. The van der Waals surface area contributed by atoms with Gasteiger partial charge in [0.1, 0.15) is 12.4 Å². The van der Waals surface area contributed by atoms with E-state index in [1.807, 2.05) is 6.20 Å². The number of nitrogens with one attached hydrogen (secondary N) is 1. The number of fused-ring (bicyclic) bond motifs is 2. The third-order valence-electron chi connectivity index (χ3n) is 6.67. The van der Waals surface area contributed by atoms with Crippen molar-refractivity contribution in [3.8, 4) is 6.01 Å². The molecule has 8 nitrogen and oxygen atoms in total. The summed E-state index contributed by atoms with van der Waals surface area (Å²) in [6, 6.07) is 4.91. The predicted octanol–water partition coefficient (Wildman–Crippen LogP) is 4.18. The fraction of sp³-hybridized carbons (Fsp3) is 0.542. The van der Waals surface area contributed by atoms with E-state index >= 15 is 0 Å². The second-order valence-corrected chi connectivity index (χ2v) is 10.7. The SMILES string of the molecule is COCCOc1nc2c(c(N3CCNCC3)n1)CCC(c1c(C)ccc3c1cnn3PI)C2.CS. The fourth-order valence-corrected chi connectivity index (χ4v) is 6.62. The highest BCUT2D eigenvalue weighted by molar-refractivity contribution is 14.2. The first-order chi connectivity index (χ1) is 17.2. The summed E-state index contributed by atoms with van der Waals surface area (Å²) < 4.78 is 13.1. The largest absolute Gasteiger partial charge is 0.461 e. The molecule has 190 valence electrons. The molecule has 1 aromatic carbocycles. The molecular weight excluding hydrogens is 594 g/mol. The van der Waals surface area contributed by atoms with Crippen molar-refractivity contribution >= 4 is 57.8 Å². The van der Waals surface area contributed by atoms with Gasteiger partial charge in [0.15, 0.2) is 0 Å². The predicted molar refractivity (Wildman–Crippen MR) is 156 cm³/mol. The summed E-state index contributed by atoms with van der Waals surface area (Å²) in [6.07, 6.45) is 7.31. The zero-order valence-electron chi connectivity index (χ0n) is 20.6. The van der Waals surface area contributed by atoms with Gasteiger partial charge in [0.05, 0.1) is 30.4 Å². The molecule has 1 fully saturated rings. The molecule has 2 aliphatic rings. The van der Waals surface area contributed by atoms with E-state index in [1.54, 1.807) is 13.4 Å². The van der Waals surface area contributed by atoms with E-state index in [9.17, 15) is 0 Å². The lowest BCUT2D eigenvalue weighted by molar-refractivity contribution is 0.140. The monoisotopic (exact) mass is 628 g/mol. The maximum atomic E-state index is 5.89. The summed E-state index contributed by atoms with van der Waals surface area (Å²) in [7, 11) is 1.68. The molecule has 0 bridgehead atoms. The van der Waals surface area contributed by atoms with Crippen LogP contribution in [0.1, 0.15) is 34.7 Å². The van der Waals surface area contributed by atoms with Gasteiger partial charge in [-0.25, -0.2) is 4.45 Å². The van der Waals surface area contributed by atoms with Gasteiger partial charge in [-0.15, -0.1) is 0 Å². The number of piperazine rings is 1. The van der Waals surface area contributed by atoms with Crippen LogP contribution in [0.3, 0.4) is 0 Å². The third-order valence-corrected chi connectivity index (χ3v) is 8.56. The number of methoxy groups -OCH3 is 1. The number of rotatable bonds is 7. The van der Waals surface area contributed by atoms with Gasteiger partial charge in [0.2, 0.25) is 0 Å². The number of aromatic nitrogens is 4. The molecule has 2 aromatic heterocycles. The van der Waals surface area contributed by atoms with Crippen molar-refractivity contribution in [2.24, 2.45) is 0 Å². The van der Waals surface area contributed by atoms with Crippen molar-refractivity contribution in [3.63, 3.8) is 0 Å². The van der Waals surface area contributed by atoms with Gasteiger partial charge in [0, 0.05) is 44.2 Å². The first-order valence-electron chi connectivity index (χ1n) is 12.0. The number of halogens is 1. The molecule has 0 radical (unpaired) electrons. The van der Waals surface area contributed by atoms with Gasteiger partial charge >= 0.3 is 6.01 Å². The Morgan fingerprint density at radius 1 is 1.20 bits per heavy atom. The summed E-state index contributed by atoms with van der Waals surface area (Å²) in [4.78, 5) is 12.1. The van der Waals surface area contributed by atoms with Crippen LogP contribution >= 0.6 is 41.0 Å². The maximum absolute atomic E-state index is 5.89. The van der Waals surface area contributed by atoms with Crippen molar-refractivity contribution in [2.75, 3.05) is 57.7 Å². The van der Waals surface area contributed by atoms with Crippen LogP contribution in [0.4, 0.5) is 5.82 Å². The van der Waals surface area contributed by atoms with Crippen LogP contribution in [0.15, 0.2) is 18.3 Å². The molecule has 1 aliphatic carbocycles. The minimum absolute atomic E-state index is 0.411. The highest BCUT2D eigenvalue weighted by atomic mass is 127. The van der Waals surface area contributed by atoms with Crippen LogP contribution in [-0.2, 0) is 17.6 Å². The van der Waals surface area contributed by atoms with Crippen LogP contribution in [0.25, 0.3) is 10.9 Å². The number of anilines is 1. The van der Waals surface area contributed by atoms with E-state index in [0.717, 1.165) is 57.0 Å². The molecule has 2 unspecified atom stereocenters. The summed E-state index contributed by atoms with van der Waals surface area (Å²) in [5.74, 6) is 1.47. The van der Waals surface area contributed by atoms with E-state index in [2.05, 4.69) is 73.5 Å². The molecule has 3 aromatic rings. The first-order valence-corrected chi connectivity index (χ1v) is 16.9. The van der Waals surface area contributed by atoms with Gasteiger partial charge in [0.25, 0.3) is 0 Å². The summed E-state index contributed by atoms with van der Waals surface area (Å²) in [5.41, 5.74) is 6.40. The van der Waals surface area contributed by atoms with Crippen LogP contribution in [0.5, 0.6) is 6.01 Å². The quantitative estimate of drug-likeness (QED) is 0.176. The molecule has 3 heterocycles. The Hall–Kier alpha value is -1.20. The minimum Gasteiger partial charge on any atom is -0.461 e. The van der Waals surface area contributed by atoms with Gasteiger partial charge in [-0.3, -0.25) is 0 Å².